The molecule has 3 N–H and O–H groups in total. The Labute approximate surface area is 110 Å². The van der Waals surface area contributed by atoms with Gasteiger partial charge >= 0.3 is 0 Å². The van der Waals surface area contributed by atoms with Crippen LogP contribution in [0, 0.1) is 13.8 Å². The van der Waals surface area contributed by atoms with Crippen molar-refractivity contribution >= 4 is 0 Å². The van der Waals surface area contributed by atoms with Crippen LogP contribution in [0.15, 0.2) is 12.1 Å². The number of benzene rings is 1. The van der Waals surface area contributed by atoms with E-state index < -0.39 is 0 Å². The minimum Gasteiger partial charge on any atom is -0.493 e. The third-order valence-electron chi connectivity index (χ3n) is 3.51. The van der Waals surface area contributed by atoms with Gasteiger partial charge in [0, 0.05) is 11.6 Å². The van der Waals surface area contributed by atoms with Gasteiger partial charge in [0.25, 0.3) is 0 Å². The molecule has 3 nitrogen and oxygen atoms in total. The van der Waals surface area contributed by atoms with E-state index in [0.717, 1.165) is 44.7 Å². The largest absolute Gasteiger partial charge is 0.493 e. The van der Waals surface area contributed by atoms with Gasteiger partial charge in [-0.15, -0.1) is 0 Å². The summed E-state index contributed by atoms with van der Waals surface area (Å²) < 4.78 is 5.88. The second-order valence-electron chi connectivity index (χ2n) is 5.13. The lowest BCUT2D eigenvalue weighted by Crippen LogP contribution is -2.24. The van der Waals surface area contributed by atoms with Crippen LogP contribution in [0.5, 0.6) is 5.75 Å². The Bertz CT molecular complexity index is 404. The lowest BCUT2D eigenvalue weighted by Gasteiger charge is -2.21. The first-order valence-electron chi connectivity index (χ1n) is 6.89. The van der Waals surface area contributed by atoms with Crippen LogP contribution in [0.3, 0.4) is 0 Å². The zero-order valence-corrected chi connectivity index (χ0v) is 11.5. The van der Waals surface area contributed by atoms with E-state index in [-0.39, 0.29) is 0 Å². The molecule has 0 saturated carbocycles. The average molecular weight is 248 g/mol. The topological polar surface area (TPSA) is 47.3 Å². The predicted octanol–water partition coefficient (Wildman–Crippen LogP) is 2.46. The van der Waals surface area contributed by atoms with Crippen molar-refractivity contribution in [1.82, 2.24) is 5.32 Å². The second-order valence-corrected chi connectivity index (χ2v) is 5.13. The third-order valence-corrected chi connectivity index (χ3v) is 3.51. The molecule has 0 bridgehead atoms. The van der Waals surface area contributed by atoms with Gasteiger partial charge in [-0.1, -0.05) is 6.07 Å². The highest BCUT2D eigenvalue weighted by atomic mass is 16.5. The zero-order valence-electron chi connectivity index (χ0n) is 11.5. The molecule has 3 heteroatoms. The molecule has 1 aromatic rings. The number of fused-ring (bicyclic) bond motifs is 1. The molecule has 0 fully saturated rings. The number of aryl methyl sites for hydroxylation is 2. The Morgan fingerprint density at radius 3 is 3.00 bits per heavy atom. The maximum absolute atomic E-state index is 5.88. The molecule has 0 spiro atoms. The molecule has 0 saturated heterocycles. The lowest BCUT2D eigenvalue weighted by molar-refractivity contribution is 0.315. The normalized spacial score (nSPS) is 18.9. The first-order chi connectivity index (χ1) is 8.72. The molecule has 1 heterocycles. The molecular formula is C15H24N2O. The summed E-state index contributed by atoms with van der Waals surface area (Å²) in [6.45, 7) is 6.85. The molecule has 2 rings (SSSR count). The number of rotatable bonds is 4. The highest BCUT2D eigenvalue weighted by molar-refractivity contribution is 5.45. The second kappa shape index (κ2) is 6.21. The van der Waals surface area contributed by atoms with Gasteiger partial charge in [-0.2, -0.15) is 0 Å². The SMILES string of the molecule is Cc1cc(C)c2c(c1)OCCCC2NCCCN. The van der Waals surface area contributed by atoms with Gasteiger partial charge in [0.1, 0.15) is 5.75 Å². The number of nitrogens with one attached hydrogen (secondary N) is 1. The van der Waals surface area contributed by atoms with E-state index in [1.54, 1.807) is 0 Å². The highest BCUT2D eigenvalue weighted by Crippen LogP contribution is 2.35. The molecule has 1 aromatic carbocycles. The van der Waals surface area contributed by atoms with Gasteiger partial charge in [0.05, 0.1) is 6.61 Å². The van der Waals surface area contributed by atoms with E-state index in [1.807, 2.05) is 0 Å². The van der Waals surface area contributed by atoms with E-state index in [9.17, 15) is 0 Å². The molecule has 0 amide bonds. The number of hydrogen-bond donors (Lipinski definition) is 2. The molecular weight excluding hydrogens is 224 g/mol. The van der Waals surface area contributed by atoms with Crippen LogP contribution in [-0.4, -0.2) is 19.7 Å². The first kappa shape index (κ1) is 13.4. The van der Waals surface area contributed by atoms with Gasteiger partial charge in [-0.25, -0.2) is 0 Å². The summed E-state index contributed by atoms with van der Waals surface area (Å²) >= 11 is 0. The fourth-order valence-corrected chi connectivity index (χ4v) is 2.70. The van der Waals surface area contributed by atoms with E-state index >= 15 is 0 Å². The quantitative estimate of drug-likeness (QED) is 0.805. The minimum absolute atomic E-state index is 0.412. The summed E-state index contributed by atoms with van der Waals surface area (Å²) in [4.78, 5) is 0. The van der Waals surface area contributed by atoms with Crippen molar-refractivity contribution in [3.63, 3.8) is 0 Å². The number of hydrogen-bond acceptors (Lipinski definition) is 3. The van der Waals surface area contributed by atoms with Crippen molar-refractivity contribution in [1.29, 1.82) is 0 Å². The third kappa shape index (κ3) is 3.03. The van der Waals surface area contributed by atoms with Crippen molar-refractivity contribution in [2.24, 2.45) is 5.73 Å². The summed E-state index contributed by atoms with van der Waals surface area (Å²) in [5, 5.41) is 3.62. The molecule has 100 valence electrons. The maximum Gasteiger partial charge on any atom is 0.124 e. The van der Waals surface area contributed by atoms with Gasteiger partial charge in [0.15, 0.2) is 0 Å². The standard InChI is InChI=1S/C15H24N2O/c1-11-9-12(2)15-13(17-7-4-6-16)5-3-8-18-14(15)10-11/h9-10,13,17H,3-8,16H2,1-2H3. The van der Waals surface area contributed by atoms with E-state index in [2.05, 4.69) is 31.3 Å². The Hall–Kier alpha value is -1.06. The number of nitrogens with two attached hydrogens (primary N) is 1. The molecule has 1 unspecified atom stereocenters. The summed E-state index contributed by atoms with van der Waals surface area (Å²) in [5.74, 6) is 1.07. The monoisotopic (exact) mass is 248 g/mol. The van der Waals surface area contributed by atoms with Crippen molar-refractivity contribution in [3.05, 3.63) is 28.8 Å². The molecule has 0 radical (unpaired) electrons. The zero-order chi connectivity index (χ0) is 13.0. The summed E-state index contributed by atoms with van der Waals surface area (Å²) in [7, 11) is 0. The fraction of sp³-hybridized carbons (Fsp3) is 0.600. The average Bonchev–Trinajstić information content (AvgIpc) is 2.52. The predicted molar refractivity (Wildman–Crippen MR) is 75.1 cm³/mol. The van der Waals surface area contributed by atoms with E-state index in [0.29, 0.717) is 6.04 Å². The van der Waals surface area contributed by atoms with Crippen LogP contribution in [0.25, 0.3) is 0 Å². The Morgan fingerprint density at radius 2 is 2.22 bits per heavy atom. The van der Waals surface area contributed by atoms with E-state index in [4.69, 9.17) is 10.5 Å². The molecule has 0 aliphatic carbocycles. The van der Waals surface area contributed by atoms with Crippen molar-refractivity contribution in [3.8, 4) is 5.75 Å². The Kier molecular flexibility index (Phi) is 4.61. The molecule has 0 aromatic heterocycles. The molecule has 18 heavy (non-hydrogen) atoms. The molecule has 1 aliphatic rings. The minimum atomic E-state index is 0.412. The Morgan fingerprint density at radius 1 is 1.39 bits per heavy atom. The van der Waals surface area contributed by atoms with Crippen molar-refractivity contribution < 1.29 is 4.74 Å². The molecule has 1 atom stereocenters. The van der Waals surface area contributed by atoms with Crippen molar-refractivity contribution in [2.75, 3.05) is 19.7 Å². The van der Waals surface area contributed by atoms with Gasteiger partial charge < -0.3 is 15.8 Å². The van der Waals surface area contributed by atoms with Crippen LogP contribution < -0.4 is 15.8 Å². The van der Waals surface area contributed by atoms with Crippen molar-refractivity contribution in [2.45, 2.75) is 39.2 Å². The van der Waals surface area contributed by atoms with Gasteiger partial charge in [-0.05, 0) is 63.4 Å². The highest BCUT2D eigenvalue weighted by Gasteiger charge is 2.21. The van der Waals surface area contributed by atoms with Crippen LogP contribution >= 0.6 is 0 Å². The molecule has 1 aliphatic heterocycles. The lowest BCUT2D eigenvalue weighted by atomic mass is 9.95. The van der Waals surface area contributed by atoms with Gasteiger partial charge in [0.2, 0.25) is 0 Å². The van der Waals surface area contributed by atoms with Crippen LogP contribution in [-0.2, 0) is 0 Å². The smallest absolute Gasteiger partial charge is 0.124 e. The van der Waals surface area contributed by atoms with Gasteiger partial charge in [-0.3, -0.25) is 0 Å². The summed E-state index contributed by atoms with van der Waals surface area (Å²) in [6.07, 6.45) is 3.27. The van der Waals surface area contributed by atoms with Crippen LogP contribution in [0.4, 0.5) is 0 Å². The fourth-order valence-electron chi connectivity index (χ4n) is 2.70. The summed E-state index contributed by atoms with van der Waals surface area (Å²) in [5.41, 5.74) is 9.50. The Balaban J connectivity index is 2.23. The first-order valence-corrected chi connectivity index (χ1v) is 6.89. The maximum atomic E-state index is 5.88. The van der Waals surface area contributed by atoms with Crippen LogP contribution in [0.2, 0.25) is 0 Å². The number of ether oxygens (including phenoxy) is 1. The van der Waals surface area contributed by atoms with Crippen LogP contribution in [0.1, 0.15) is 42.0 Å². The summed E-state index contributed by atoms with van der Waals surface area (Å²) in [6, 6.07) is 4.81. The van der Waals surface area contributed by atoms with E-state index in [1.165, 1.54) is 16.7 Å².